The van der Waals surface area contributed by atoms with Crippen LogP contribution in [-0.2, 0) is 0 Å². The zero-order valence-corrected chi connectivity index (χ0v) is 5.70. The lowest BCUT2D eigenvalue weighted by atomic mass is 10.1. The van der Waals surface area contributed by atoms with Crippen molar-refractivity contribution < 1.29 is 0 Å². The van der Waals surface area contributed by atoms with Crippen molar-refractivity contribution in [2.45, 2.75) is 26.2 Å². The molecule has 0 atom stereocenters. The summed E-state index contributed by atoms with van der Waals surface area (Å²) in [5.74, 6) is 0. The molecule has 0 aromatic rings. The maximum atomic E-state index is 5.79. The molecule has 0 heterocycles. The second kappa shape index (κ2) is 1.41. The predicted octanol–water partition coefficient (Wildman–Crippen LogP) is 1.71. The van der Waals surface area contributed by atoms with E-state index in [1.165, 1.54) is 30.4 Å². The lowest BCUT2D eigenvalue weighted by Gasteiger charge is -2.04. The molecule has 0 amide bonds. The molecule has 2 aliphatic carbocycles. The van der Waals surface area contributed by atoms with E-state index in [0.717, 1.165) is 5.70 Å². The van der Waals surface area contributed by atoms with E-state index in [1.54, 1.807) is 5.57 Å². The zero-order valence-electron chi connectivity index (χ0n) is 5.70. The Morgan fingerprint density at radius 2 is 1.89 bits per heavy atom. The van der Waals surface area contributed by atoms with E-state index in [2.05, 4.69) is 6.92 Å². The van der Waals surface area contributed by atoms with Gasteiger partial charge in [-0.15, -0.1) is 0 Å². The van der Waals surface area contributed by atoms with Gasteiger partial charge in [-0.05, 0) is 37.3 Å². The van der Waals surface area contributed by atoms with Gasteiger partial charge < -0.3 is 5.73 Å². The fraction of sp³-hybridized carbons (Fsp3) is 0.500. The highest BCUT2D eigenvalue weighted by molar-refractivity contribution is 5.48. The molecule has 1 nitrogen and oxygen atoms in total. The third-order valence-corrected chi connectivity index (χ3v) is 2.47. The fourth-order valence-corrected chi connectivity index (χ4v) is 1.74. The maximum Gasteiger partial charge on any atom is 0.0338 e. The van der Waals surface area contributed by atoms with E-state index >= 15 is 0 Å². The minimum atomic E-state index is 1.09. The summed E-state index contributed by atoms with van der Waals surface area (Å²) in [4.78, 5) is 0. The van der Waals surface area contributed by atoms with Crippen molar-refractivity contribution in [2.24, 2.45) is 5.73 Å². The number of allylic oxidation sites excluding steroid dienone is 3. The highest BCUT2D eigenvalue weighted by atomic mass is 14.6. The maximum absolute atomic E-state index is 5.79. The van der Waals surface area contributed by atoms with Gasteiger partial charge in [-0.2, -0.15) is 0 Å². The van der Waals surface area contributed by atoms with Crippen LogP contribution in [-0.4, -0.2) is 0 Å². The van der Waals surface area contributed by atoms with Crippen LogP contribution >= 0.6 is 0 Å². The lowest BCUT2D eigenvalue weighted by Crippen LogP contribution is -2.01. The molecular weight excluding hydrogens is 110 g/mol. The summed E-state index contributed by atoms with van der Waals surface area (Å²) in [6.45, 7) is 2.14. The number of nitrogens with two attached hydrogens (primary N) is 1. The monoisotopic (exact) mass is 121 g/mol. The minimum Gasteiger partial charge on any atom is -0.399 e. The van der Waals surface area contributed by atoms with Gasteiger partial charge in [0.05, 0.1) is 0 Å². The minimum absolute atomic E-state index is 1.09. The number of fused-ring (bicyclic) bond motifs is 2. The van der Waals surface area contributed by atoms with Gasteiger partial charge in [-0.3, -0.25) is 0 Å². The molecule has 48 valence electrons. The van der Waals surface area contributed by atoms with E-state index in [1.807, 2.05) is 0 Å². The van der Waals surface area contributed by atoms with Crippen molar-refractivity contribution in [2.75, 3.05) is 0 Å². The number of hydrogen-bond donors (Lipinski definition) is 1. The Hall–Kier alpha value is -0.720. The summed E-state index contributed by atoms with van der Waals surface area (Å²) < 4.78 is 0. The molecule has 0 radical (unpaired) electrons. The number of hydrogen-bond acceptors (Lipinski definition) is 1. The Labute approximate surface area is 55.2 Å². The highest BCUT2D eigenvalue weighted by Crippen LogP contribution is 2.41. The van der Waals surface area contributed by atoms with Crippen molar-refractivity contribution >= 4 is 0 Å². The first-order chi connectivity index (χ1) is 4.29. The molecule has 1 heteroatoms. The number of rotatable bonds is 0. The van der Waals surface area contributed by atoms with Crippen molar-refractivity contribution in [3.63, 3.8) is 0 Å². The van der Waals surface area contributed by atoms with Gasteiger partial charge in [0.15, 0.2) is 0 Å². The Balaban J connectivity index is 2.52. The zero-order chi connectivity index (χ0) is 6.43. The van der Waals surface area contributed by atoms with Crippen LogP contribution in [0, 0.1) is 0 Å². The van der Waals surface area contributed by atoms with Crippen LogP contribution in [0.4, 0.5) is 0 Å². The summed E-state index contributed by atoms with van der Waals surface area (Å²) in [5, 5.41) is 0. The summed E-state index contributed by atoms with van der Waals surface area (Å²) in [5.41, 5.74) is 11.3. The molecule has 0 aromatic heterocycles. The van der Waals surface area contributed by atoms with Crippen LogP contribution in [0.3, 0.4) is 0 Å². The van der Waals surface area contributed by atoms with Crippen molar-refractivity contribution in [3.05, 3.63) is 22.4 Å². The van der Waals surface area contributed by atoms with Gasteiger partial charge in [-0.25, -0.2) is 0 Å². The van der Waals surface area contributed by atoms with Crippen LogP contribution in [0.15, 0.2) is 22.4 Å². The molecule has 2 rings (SSSR count). The summed E-state index contributed by atoms with van der Waals surface area (Å²) in [7, 11) is 0. The topological polar surface area (TPSA) is 26.0 Å². The Morgan fingerprint density at radius 1 is 1.22 bits per heavy atom. The third-order valence-electron chi connectivity index (χ3n) is 2.47. The van der Waals surface area contributed by atoms with Gasteiger partial charge in [0, 0.05) is 5.70 Å². The van der Waals surface area contributed by atoms with Gasteiger partial charge >= 0.3 is 0 Å². The summed E-state index contributed by atoms with van der Waals surface area (Å²) in [6.07, 6.45) is 3.71. The quantitative estimate of drug-likeness (QED) is 0.518. The first-order valence-electron chi connectivity index (χ1n) is 3.45. The van der Waals surface area contributed by atoms with E-state index in [9.17, 15) is 0 Å². The van der Waals surface area contributed by atoms with Crippen molar-refractivity contribution in [1.82, 2.24) is 0 Å². The molecular formula is C8H11N. The normalized spacial score (nSPS) is 24.6. The molecule has 1 fully saturated rings. The van der Waals surface area contributed by atoms with E-state index < -0.39 is 0 Å². The predicted molar refractivity (Wildman–Crippen MR) is 37.8 cm³/mol. The van der Waals surface area contributed by atoms with Gasteiger partial charge in [0.1, 0.15) is 0 Å². The van der Waals surface area contributed by atoms with Crippen LogP contribution < -0.4 is 5.73 Å². The van der Waals surface area contributed by atoms with Crippen LogP contribution in [0.5, 0.6) is 0 Å². The average Bonchev–Trinajstić information content (AvgIpc) is 2.37. The van der Waals surface area contributed by atoms with Gasteiger partial charge in [-0.1, -0.05) is 5.57 Å². The van der Waals surface area contributed by atoms with Crippen LogP contribution in [0.25, 0.3) is 0 Å². The van der Waals surface area contributed by atoms with Crippen LogP contribution in [0.2, 0.25) is 0 Å². The third kappa shape index (κ3) is 0.493. The highest BCUT2D eigenvalue weighted by Gasteiger charge is 2.24. The first-order valence-corrected chi connectivity index (χ1v) is 3.45. The average molecular weight is 121 g/mol. The summed E-state index contributed by atoms with van der Waals surface area (Å²) >= 11 is 0. The van der Waals surface area contributed by atoms with E-state index in [4.69, 9.17) is 5.73 Å². The van der Waals surface area contributed by atoms with Crippen LogP contribution in [0.1, 0.15) is 26.2 Å². The molecule has 0 aromatic carbocycles. The van der Waals surface area contributed by atoms with Crippen molar-refractivity contribution in [3.8, 4) is 0 Å². The molecule has 2 bridgehead atoms. The molecule has 0 aliphatic heterocycles. The summed E-state index contributed by atoms with van der Waals surface area (Å²) in [6, 6.07) is 0. The molecule has 1 saturated carbocycles. The molecule has 0 spiro atoms. The van der Waals surface area contributed by atoms with Gasteiger partial charge in [0.2, 0.25) is 0 Å². The lowest BCUT2D eigenvalue weighted by molar-refractivity contribution is 0.982. The Morgan fingerprint density at radius 3 is 2.22 bits per heavy atom. The second-order valence-electron chi connectivity index (χ2n) is 2.92. The van der Waals surface area contributed by atoms with Gasteiger partial charge in [0.25, 0.3) is 0 Å². The first kappa shape index (κ1) is 5.10. The SMILES string of the molecule is CC1=C2CCC(=C1N)C2. The second-order valence-corrected chi connectivity index (χ2v) is 2.92. The Bertz CT molecular complexity index is 197. The molecule has 2 N–H and O–H groups in total. The molecule has 9 heavy (non-hydrogen) atoms. The Kier molecular flexibility index (Phi) is 0.797. The van der Waals surface area contributed by atoms with E-state index in [-0.39, 0.29) is 0 Å². The molecule has 0 saturated heterocycles. The smallest absolute Gasteiger partial charge is 0.0338 e. The fourth-order valence-electron chi connectivity index (χ4n) is 1.74. The van der Waals surface area contributed by atoms with E-state index in [0.29, 0.717) is 0 Å². The van der Waals surface area contributed by atoms with Crippen molar-refractivity contribution in [1.29, 1.82) is 0 Å². The standard InChI is InChI=1S/C8H11N/c1-5-6-2-3-7(4-6)8(5)9/h2-4,9H2,1H3. The largest absolute Gasteiger partial charge is 0.399 e. The molecule has 2 aliphatic rings. The molecule has 0 unspecified atom stereocenters.